The zero-order valence-corrected chi connectivity index (χ0v) is 14.4. The Morgan fingerprint density at radius 2 is 1.71 bits per heavy atom. The summed E-state index contributed by atoms with van der Waals surface area (Å²) in [5, 5.41) is 2.35. The van der Waals surface area contributed by atoms with Gasteiger partial charge in [-0.1, -0.05) is 48.5 Å². The number of ether oxygens (including phenoxy) is 1. The van der Waals surface area contributed by atoms with Crippen LogP contribution in [0.1, 0.15) is 18.2 Å². The molecule has 0 atom stereocenters. The van der Waals surface area contributed by atoms with Crippen molar-refractivity contribution in [1.29, 1.82) is 0 Å². The maximum atomic E-state index is 11.9. The molecule has 0 bridgehead atoms. The normalized spacial score (nSPS) is 10.2. The third-order valence-corrected chi connectivity index (χ3v) is 3.87. The van der Waals surface area contributed by atoms with Crippen molar-refractivity contribution >= 4 is 16.7 Å². The molecule has 0 aliphatic rings. The van der Waals surface area contributed by atoms with E-state index in [0.29, 0.717) is 6.61 Å². The highest BCUT2D eigenvalue weighted by atomic mass is 35.5. The van der Waals surface area contributed by atoms with Crippen molar-refractivity contribution in [1.82, 2.24) is 0 Å². The van der Waals surface area contributed by atoms with Crippen LogP contribution >= 0.6 is 0 Å². The smallest absolute Gasteiger partial charge is 0.372 e. The van der Waals surface area contributed by atoms with Crippen LogP contribution in [0.15, 0.2) is 66.9 Å². The van der Waals surface area contributed by atoms with Crippen molar-refractivity contribution in [3.05, 3.63) is 78.1 Å². The van der Waals surface area contributed by atoms with Gasteiger partial charge in [0.15, 0.2) is 11.9 Å². The fourth-order valence-corrected chi connectivity index (χ4v) is 2.80. The molecule has 0 aliphatic heterocycles. The van der Waals surface area contributed by atoms with Gasteiger partial charge in [-0.2, -0.15) is 4.57 Å². The number of pyridine rings is 1. The first-order chi connectivity index (χ1) is 11.3. The first kappa shape index (κ1) is 18.0. The summed E-state index contributed by atoms with van der Waals surface area (Å²) in [4.78, 5) is 11.9. The van der Waals surface area contributed by atoms with E-state index in [-0.39, 0.29) is 24.9 Å². The molecule has 3 rings (SSSR count). The molecule has 0 spiro atoms. The maximum Gasteiger partial charge on any atom is 0.372 e. The van der Waals surface area contributed by atoms with Crippen LogP contribution in [0.3, 0.4) is 0 Å². The molecule has 2 aromatic carbocycles. The summed E-state index contributed by atoms with van der Waals surface area (Å²) < 4.78 is 7.10. The van der Waals surface area contributed by atoms with Gasteiger partial charge in [-0.05, 0) is 23.9 Å². The number of rotatable bonds is 5. The lowest BCUT2D eigenvalue weighted by Gasteiger charge is -2.08. The molecule has 4 heteroatoms. The molecular weight excluding hydrogens is 322 g/mol. The lowest BCUT2D eigenvalue weighted by atomic mass is 10.0. The number of benzene rings is 2. The van der Waals surface area contributed by atoms with Crippen LogP contribution in [0.4, 0.5) is 0 Å². The topological polar surface area (TPSA) is 30.2 Å². The minimum absolute atomic E-state index is 0. The third kappa shape index (κ3) is 4.12. The molecule has 3 aromatic rings. The molecule has 0 unspecified atom stereocenters. The predicted molar refractivity (Wildman–Crippen MR) is 90.0 cm³/mol. The fourth-order valence-electron chi connectivity index (χ4n) is 2.80. The number of carbonyl (C=O) groups is 1. The van der Waals surface area contributed by atoms with Gasteiger partial charge in [-0.3, -0.25) is 0 Å². The second kappa shape index (κ2) is 8.46. The highest BCUT2D eigenvalue weighted by Crippen LogP contribution is 2.18. The second-order valence-corrected chi connectivity index (χ2v) is 5.44. The van der Waals surface area contributed by atoms with E-state index in [1.54, 1.807) is 0 Å². The number of halogens is 1. The summed E-state index contributed by atoms with van der Waals surface area (Å²) in [5.41, 5.74) is 2.35. The van der Waals surface area contributed by atoms with Crippen LogP contribution in [0.5, 0.6) is 0 Å². The monoisotopic (exact) mass is 341 g/mol. The van der Waals surface area contributed by atoms with E-state index in [1.165, 1.54) is 16.3 Å². The van der Waals surface area contributed by atoms with Crippen LogP contribution in [-0.4, -0.2) is 12.6 Å². The lowest BCUT2D eigenvalue weighted by Crippen LogP contribution is -3.00. The molecule has 124 valence electrons. The summed E-state index contributed by atoms with van der Waals surface area (Å²) in [7, 11) is 0. The van der Waals surface area contributed by atoms with E-state index in [1.807, 2.05) is 54.1 Å². The average molecular weight is 342 g/mol. The molecule has 0 radical (unpaired) electrons. The Balaban J connectivity index is 0.00000208. The molecular formula is C20H20ClNO2. The van der Waals surface area contributed by atoms with Gasteiger partial charge >= 0.3 is 5.97 Å². The van der Waals surface area contributed by atoms with Crippen LogP contribution in [0.2, 0.25) is 0 Å². The van der Waals surface area contributed by atoms with Gasteiger partial charge in [0.05, 0.1) is 13.0 Å². The van der Waals surface area contributed by atoms with Gasteiger partial charge in [-0.15, -0.1) is 0 Å². The molecule has 0 saturated carbocycles. The summed E-state index contributed by atoms with van der Waals surface area (Å²) in [6, 6.07) is 20.6. The second-order valence-electron chi connectivity index (χ2n) is 5.44. The van der Waals surface area contributed by atoms with Crippen molar-refractivity contribution < 1.29 is 26.5 Å². The Morgan fingerprint density at radius 3 is 2.46 bits per heavy atom. The molecule has 0 fully saturated rings. The van der Waals surface area contributed by atoms with Gasteiger partial charge in [-0.25, -0.2) is 4.79 Å². The van der Waals surface area contributed by atoms with E-state index in [2.05, 4.69) is 24.3 Å². The minimum Gasteiger partial charge on any atom is -1.00 e. The Morgan fingerprint density at radius 1 is 1.00 bits per heavy atom. The van der Waals surface area contributed by atoms with Gasteiger partial charge in [0.25, 0.3) is 0 Å². The number of hydrogen-bond acceptors (Lipinski definition) is 2. The van der Waals surface area contributed by atoms with Crippen molar-refractivity contribution in [3.63, 3.8) is 0 Å². The third-order valence-electron chi connectivity index (χ3n) is 3.87. The highest BCUT2D eigenvalue weighted by Gasteiger charge is 2.19. The van der Waals surface area contributed by atoms with E-state index in [9.17, 15) is 4.79 Å². The van der Waals surface area contributed by atoms with Crippen LogP contribution in [-0.2, 0) is 22.5 Å². The molecule has 0 N–H and O–H groups in total. The summed E-state index contributed by atoms with van der Waals surface area (Å²) in [6.07, 6.45) is 2.75. The molecule has 24 heavy (non-hydrogen) atoms. The van der Waals surface area contributed by atoms with Gasteiger partial charge in [0, 0.05) is 11.5 Å². The Labute approximate surface area is 148 Å². The fraction of sp³-hybridized carbons (Fsp3) is 0.200. The van der Waals surface area contributed by atoms with Crippen molar-refractivity contribution in [2.75, 3.05) is 6.61 Å². The Kier molecular flexibility index (Phi) is 6.33. The largest absolute Gasteiger partial charge is 1.00 e. The quantitative estimate of drug-likeness (QED) is 0.493. The van der Waals surface area contributed by atoms with E-state index in [0.717, 1.165) is 12.1 Å². The molecule has 0 saturated heterocycles. The number of aromatic nitrogens is 1. The van der Waals surface area contributed by atoms with Gasteiger partial charge in [0.1, 0.15) is 0 Å². The number of hydrogen-bond donors (Lipinski definition) is 0. The Bertz CT molecular complexity index is 818. The predicted octanol–water partition coefficient (Wildman–Crippen LogP) is 0.285. The summed E-state index contributed by atoms with van der Waals surface area (Å²) >= 11 is 0. The lowest BCUT2D eigenvalue weighted by molar-refractivity contribution is -0.691. The number of fused-ring (bicyclic) bond motifs is 1. The Hall–Kier alpha value is -2.39. The number of nitrogens with zero attached hydrogens (tertiary/aromatic N) is 1. The van der Waals surface area contributed by atoms with Crippen LogP contribution in [0.25, 0.3) is 10.8 Å². The van der Waals surface area contributed by atoms with Crippen molar-refractivity contribution in [2.24, 2.45) is 0 Å². The zero-order valence-electron chi connectivity index (χ0n) is 13.6. The highest BCUT2D eigenvalue weighted by molar-refractivity contribution is 5.83. The summed E-state index contributed by atoms with van der Waals surface area (Å²) in [6.45, 7) is 2.47. The standard InChI is InChI=1S/C20H20NO2.ClH/c1-2-23-20(22)15-21-13-12-17-10-6-7-11-18(17)19(21)14-16-8-4-3-5-9-16;/h3-13H,2,14-15H2,1H3;1H/q+1;/p-1. The van der Waals surface area contributed by atoms with Crippen LogP contribution in [0, 0.1) is 0 Å². The van der Waals surface area contributed by atoms with Gasteiger partial charge in [0.2, 0.25) is 6.54 Å². The first-order valence-electron chi connectivity index (χ1n) is 7.87. The van der Waals surface area contributed by atoms with Crippen molar-refractivity contribution in [2.45, 2.75) is 19.9 Å². The molecule has 0 aliphatic carbocycles. The number of carbonyl (C=O) groups excluding carboxylic acids is 1. The van der Waals surface area contributed by atoms with E-state index in [4.69, 9.17) is 4.74 Å². The van der Waals surface area contributed by atoms with Crippen LogP contribution < -0.4 is 17.0 Å². The summed E-state index contributed by atoms with van der Waals surface area (Å²) in [5.74, 6) is -0.206. The average Bonchev–Trinajstić information content (AvgIpc) is 2.58. The van der Waals surface area contributed by atoms with E-state index < -0.39 is 0 Å². The molecule has 3 nitrogen and oxygen atoms in total. The zero-order chi connectivity index (χ0) is 16.1. The minimum atomic E-state index is -0.206. The van der Waals surface area contributed by atoms with Gasteiger partial charge < -0.3 is 17.1 Å². The molecule has 1 aromatic heterocycles. The molecule has 0 amide bonds. The number of esters is 1. The maximum absolute atomic E-state index is 11.9. The SMILES string of the molecule is CCOC(=O)C[n+]1ccc2ccccc2c1Cc1ccccc1.[Cl-]. The van der Waals surface area contributed by atoms with Crippen molar-refractivity contribution in [3.8, 4) is 0 Å². The first-order valence-corrected chi connectivity index (χ1v) is 7.87. The van der Waals surface area contributed by atoms with E-state index >= 15 is 0 Å². The molecule has 1 heterocycles.